The predicted octanol–water partition coefficient (Wildman–Crippen LogP) is 4.29. The molecule has 1 heterocycles. The van der Waals surface area contributed by atoms with Gasteiger partial charge in [0.25, 0.3) is 0 Å². The second-order valence-corrected chi connectivity index (χ2v) is 6.24. The highest BCUT2D eigenvalue weighted by molar-refractivity contribution is 9.10. The van der Waals surface area contributed by atoms with Crippen LogP contribution in [0.4, 0.5) is 0 Å². The quantitative estimate of drug-likeness (QED) is 0.864. The Balaban J connectivity index is 2.33. The molecule has 1 unspecified atom stereocenters. The molecule has 0 fully saturated rings. The molecule has 3 nitrogen and oxygen atoms in total. The first-order chi connectivity index (χ1) is 9.45. The van der Waals surface area contributed by atoms with Gasteiger partial charge in [-0.1, -0.05) is 36.2 Å². The van der Waals surface area contributed by atoms with E-state index in [2.05, 4.69) is 28.0 Å². The lowest BCUT2D eigenvalue weighted by Gasteiger charge is -2.16. The fourth-order valence-corrected chi connectivity index (χ4v) is 3.67. The Kier molecular flexibility index (Phi) is 5.13. The van der Waals surface area contributed by atoms with Crippen molar-refractivity contribution in [2.75, 3.05) is 0 Å². The summed E-state index contributed by atoms with van der Waals surface area (Å²) in [6.07, 6.45) is 1.49. The van der Waals surface area contributed by atoms with Crippen LogP contribution in [-0.2, 0) is 19.9 Å². The summed E-state index contributed by atoms with van der Waals surface area (Å²) in [6, 6.07) is 5.15. The summed E-state index contributed by atoms with van der Waals surface area (Å²) in [5.74, 6) is 0. The molecule has 0 aliphatic heterocycles. The molecule has 0 amide bonds. The first-order valence-electron chi connectivity index (χ1n) is 6.35. The molecular formula is C14H16BrCl2N3. The number of nitrogens with two attached hydrogens (primary N) is 1. The van der Waals surface area contributed by atoms with Crippen LogP contribution < -0.4 is 5.73 Å². The third-order valence-corrected chi connectivity index (χ3v) is 4.86. The van der Waals surface area contributed by atoms with Crippen molar-refractivity contribution in [3.63, 3.8) is 0 Å². The third-order valence-electron chi connectivity index (χ3n) is 3.29. The summed E-state index contributed by atoms with van der Waals surface area (Å²) in [4.78, 5) is 0. The largest absolute Gasteiger partial charge is 0.324 e. The van der Waals surface area contributed by atoms with Gasteiger partial charge in [-0.3, -0.25) is 4.68 Å². The van der Waals surface area contributed by atoms with Crippen molar-refractivity contribution < 1.29 is 0 Å². The normalized spacial score (nSPS) is 12.7. The molecule has 0 bridgehead atoms. The van der Waals surface area contributed by atoms with Gasteiger partial charge < -0.3 is 5.73 Å². The highest BCUT2D eigenvalue weighted by atomic mass is 79.9. The summed E-state index contributed by atoms with van der Waals surface area (Å²) in [7, 11) is 1.92. The Morgan fingerprint density at radius 2 is 1.95 bits per heavy atom. The molecule has 1 aromatic heterocycles. The standard InChI is InChI=1S/C14H16BrCl2N3/c1-3-11-14(15)12(20(2)19-11)7-10(18)13-8(16)5-4-6-9(13)17/h4-6,10H,3,7,18H2,1-2H3. The molecule has 2 rings (SSSR count). The van der Waals surface area contributed by atoms with Crippen LogP contribution in [-0.4, -0.2) is 9.78 Å². The van der Waals surface area contributed by atoms with Gasteiger partial charge in [0.15, 0.2) is 0 Å². The number of halogens is 3. The molecule has 0 spiro atoms. The fraction of sp³-hybridized carbons (Fsp3) is 0.357. The lowest BCUT2D eigenvalue weighted by atomic mass is 10.0. The van der Waals surface area contributed by atoms with Crippen molar-refractivity contribution in [1.29, 1.82) is 0 Å². The van der Waals surface area contributed by atoms with Gasteiger partial charge in [-0.25, -0.2) is 0 Å². The molecule has 6 heteroatoms. The summed E-state index contributed by atoms with van der Waals surface area (Å²) in [6.45, 7) is 2.07. The summed E-state index contributed by atoms with van der Waals surface area (Å²) in [5, 5.41) is 5.66. The zero-order chi connectivity index (χ0) is 14.9. The van der Waals surface area contributed by atoms with Crippen molar-refractivity contribution in [2.45, 2.75) is 25.8 Å². The fourth-order valence-electron chi connectivity index (χ4n) is 2.22. The van der Waals surface area contributed by atoms with Gasteiger partial charge >= 0.3 is 0 Å². The number of rotatable bonds is 4. The van der Waals surface area contributed by atoms with Crippen LogP contribution >= 0.6 is 39.1 Å². The van der Waals surface area contributed by atoms with Gasteiger partial charge in [-0.05, 0) is 34.5 Å². The molecule has 2 N–H and O–H groups in total. The number of nitrogens with zero attached hydrogens (tertiary/aromatic N) is 2. The van der Waals surface area contributed by atoms with E-state index in [0.29, 0.717) is 16.5 Å². The Morgan fingerprint density at radius 3 is 2.45 bits per heavy atom. The van der Waals surface area contributed by atoms with Gasteiger partial charge in [-0.2, -0.15) is 5.10 Å². The van der Waals surface area contributed by atoms with Crippen molar-refractivity contribution >= 4 is 39.1 Å². The molecule has 1 aromatic carbocycles. The summed E-state index contributed by atoms with van der Waals surface area (Å²) >= 11 is 16.0. The minimum atomic E-state index is -0.271. The van der Waals surface area contributed by atoms with Crippen molar-refractivity contribution in [2.24, 2.45) is 12.8 Å². The van der Waals surface area contributed by atoms with E-state index in [1.54, 1.807) is 12.1 Å². The Morgan fingerprint density at radius 1 is 1.35 bits per heavy atom. The number of aryl methyl sites for hydroxylation is 2. The van der Waals surface area contributed by atoms with Crippen LogP contribution in [0.15, 0.2) is 22.7 Å². The van der Waals surface area contributed by atoms with Gasteiger partial charge in [0, 0.05) is 35.1 Å². The average molecular weight is 377 g/mol. The van der Waals surface area contributed by atoms with Gasteiger partial charge in [-0.15, -0.1) is 0 Å². The zero-order valence-electron chi connectivity index (χ0n) is 11.3. The molecule has 2 aromatic rings. The van der Waals surface area contributed by atoms with Crippen LogP contribution in [0, 0.1) is 0 Å². The smallest absolute Gasteiger partial charge is 0.0766 e. The minimum Gasteiger partial charge on any atom is -0.324 e. The van der Waals surface area contributed by atoms with E-state index < -0.39 is 0 Å². The Hall–Kier alpha value is -0.550. The van der Waals surface area contributed by atoms with E-state index in [1.165, 1.54) is 0 Å². The highest BCUT2D eigenvalue weighted by Crippen LogP contribution is 2.32. The maximum Gasteiger partial charge on any atom is 0.0766 e. The monoisotopic (exact) mass is 375 g/mol. The topological polar surface area (TPSA) is 43.8 Å². The van der Waals surface area contributed by atoms with Crippen molar-refractivity contribution in [3.05, 3.63) is 49.7 Å². The number of hydrogen-bond donors (Lipinski definition) is 1. The predicted molar refractivity (Wildman–Crippen MR) is 87.4 cm³/mol. The van der Waals surface area contributed by atoms with E-state index in [4.69, 9.17) is 28.9 Å². The number of benzene rings is 1. The van der Waals surface area contributed by atoms with Crippen LogP contribution in [0.1, 0.15) is 29.9 Å². The Bertz CT molecular complexity index is 605. The van der Waals surface area contributed by atoms with E-state index in [-0.39, 0.29) is 6.04 Å². The van der Waals surface area contributed by atoms with Crippen LogP contribution in [0.5, 0.6) is 0 Å². The van der Waals surface area contributed by atoms with Gasteiger partial charge in [0.1, 0.15) is 0 Å². The average Bonchev–Trinajstić information content (AvgIpc) is 2.66. The third kappa shape index (κ3) is 3.03. The van der Waals surface area contributed by atoms with E-state index in [0.717, 1.165) is 27.8 Å². The highest BCUT2D eigenvalue weighted by Gasteiger charge is 2.19. The molecule has 0 saturated carbocycles. The lowest BCUT2D eigenvalue weighted by Crippen LogP contribution is -2.16. The van der Waals surface area contributed by atoms with E-state index >= 15 is 0 Å². The first-order valence-corrected chi connectivity index (χ1v) is 7.90. The molecule has 1 atom stereocenters. The van der Waals surface area contributed by atoms with Crippen LogP contribution in [0.3, 0.4) is 0 Å². The van der Waals surface area contributed by atoms with Crippen LogP contribution in [0.25, 0.3) is 0 Å². The maximum atomic E-state index is 6.29. The molecular weight excluding hydrogens is 361 g/mol. The van der Waals surface area contributed by atoms with Crippen LogP contribution in [0.2, 0.25) is 10.0 Å². The molecule has 0 aliphatic rings. The van der Waals surface area contributed by atoms with E-state index in [9.17, 15) is 0 Å². The van der Waals surface area contributed by atoms with Gasteiger partial charge in [0.05, 0.1) is 15.9 Å². The van der Waals surface area contributed by atoms with Crippen molar-refractivity contribution in [3.8, 4) is 0 Å². The van der Waals surface area contributed by atoms with Crippen molar-refractivity contribution in [1.82, 2.24) is 9.78 Å². The minimum absolute atomic E-state index is 0.271. The molecule has 0 saturated heterocycles. The molecule has 0 aliphatic carbocycles. The summed E-state index contributed by atoms with van der Waals surface area (Å²) < 4.78 is 2.87. The molecule has 0 radical (unpaired) electrons. The summed E-state index contributed by atoms with van der Waals surface area (Å²) in [5.41, 5.74) is 9.14. The molecule has 108 valence electrons. The second-order valence-electron chi connectivity index (χ2n) is 4.63. The van der Waals surface area contributed by atoms with Gasteiger partial charge in [0.2, 0.25) is 0 Å². The SMILES string of the molecule is CCc1nn(C)c(CC(N)c2c(Cl)cccc2Cl)c1Br. The van der Waals surface area contributed by atoms with E-state index in [1.807, 2.05) is 17.8 Å². The lowest BCUT2D eigenvalue weighted by molar-refractivity contribution is 0.637. The maximum absolute atomic E-state index is 6.29. The zero-order valence-corrected chi connectivity index (χ0v) is 14.4. The first kappa shape index (κ1) is 15.8. The second kappa shape index (κ2) is 6.48. The molecule has 20 heavy (non-hydrogen) atoms. The number of hydrogen-bond acceptors (Lipinski definition) is 2. The Labute approximate surface area is 137 Å². The number of aromatic nitrogens is 2.